The maximum Gasteiger partial charge on any atom is 0.337 e. The largest absolute Gasteiger partial charge is 0.490 e. The van der Waals surface area contributed by atoms with Crippen molar-refractivity contribution in [1.82, 2.24) is 0 Å². The highest BCUT2D eigenvalue weighted by atomic mass is 19.1. The SMILES string of the molecule is CCOc1cc(NC(=O)c2ccc(F)cc2F)c(C(=O)O)cc1OCC. The number of carboxylic acid groups (broad SMARTS) is 1. The quantitative estimate of drug-likeness (QED) is 0.781. The maximum atomic E-state index is 13.8. The minimum absolute atomic E-state index is 0.0990. The van der Waals surface area contributed by atoms with Gasteiger partial charge in [-0.2, -0.15) is 0 Å². The lowest BCUT2D eigenvalue weighted by Crippen LogP contribution is -2.17. The summed E-state index contributed by atoms with van der Waals surface area (Å²) < 4.78 is 37.5. The number of carboxylic acids is 1. The first-order chi connectivity index (χ1) is 12.4. The molecule has 0 bridgehead atoms. The van der Waals surface area contributed by atoms with E-state index in [1.807, 2.05) is 0 Å². The van der Waals surface area contributed by atoms with Gasteiger partial charge in [-0.1, -0.05) is 0 Å². The van der Waals surface area contributed by atoms with Crippen LogP contribution in [-0.4, -0.2) is 30.2 Å². The molecule has 0 aliphatic carbocycles. The van der Waals surface area contributed by atoms with Gasteiger partial charge in [0.05, 0.1) is 30.0 Å². The number of hydrogen-bond acceptors (Lipinski definition) is 4. The van der Waals surface area contributed by atoms with E-state index in [-0.39, 0.29) is 36.0 Å². The van der Waals surface area contributed by atoms with Crippen LogP contribution in [0.1, 0.15) is 34.6 Å². The zero-order chi connectivity index (χ0) is 19.3. The predicted molar refractivity (Wildman–Crippen MR) is 90.1 cm³/mol. The molecule has 0 radical (unpaired) electrons. The van der Waals surface area contributed by atoms with Gasteiger partial charge in [-0.05, 0) is 26.0 Å². The van der Waals surface area contributed by atoms with E-state index in [1.54, 1.807) is 13.8 Å². The molecule has 0 saturated heterocycles. The second-order valence-electron chi connectivity index (χ2n) is 5.09. The molecule has 0 atom stereocenters. The number of ether oxygens (including phenoxy) is 2. The van der Waals surface area contributed by atoms with Crippen LogP contribution in [0.25, 0.3) is 0 Å². The summed E-state index contributed by atoms with van der Waals surface area (Å²) in [6.07, 6.45) is 0. The van der Waals surface area contributed by atoms with E-state index in [9.17, 15) is 23.5 Å². The standard InChI is InChI=1S/C18H17F2NO5/c1-3-25-15-8-12(18(23)24)14(9-16(15)26-4-2)21-17(22)11-6-5-10(19)7-13(11)20/h5-9H,3-4H2,1-2H3,(H,21,22)(H,23,24). The Balaban J connectivity index is 2.44. The van der Waals surface area contributed by atoms with Gasteiger partial charge in [0, 0.05) is 18.2 Å². The Morgan fingerprint density at radius 3 is 2.15 bits per heavy atom. The molecular weight excluding hydrogens is 348 g/mol. The smallest absolute Gasteiger partial charge is 0.337 e. The molecule has 2 N–H and O–H groups in total. The molecule has 6 nitrogen and oxygen atoms in total. The fourth-order valence-corrected chi connectivity index (χ4v) is 2.24. The normalized spacial score (nSPS) is 10.3. The highest BCUT2D eigenvalue weighted by Crippen LogP contribution is 2.34. The van der Waals surface area contributed by atoms with Crippen molar-refractivity contribution in [3.05, 3.63) is 53.1 Å². The lowest BCUT2D eigenvalue weighted by Gasteiger charge is -2.15. The molecule has 2 aromatic rings. The Morgan fingerprint density at radius 1 is 1.00 bits per heavy atom. The van der Waals surface area contributed by atoms with Gasteiger partial charge < -0.3 is 19.9 Å². The van der Waals surface area contributed by atoms with E-state index in [0.29, 0.717) is 6.07 Å². The van der Waals surface area contributed by atoms with Crippen LogP contribution in [0.15, 0.2) is 30.3 Å². The third-order valence-electron chi connectivity index (χ3n) is 3.34. The van der Waals surface area contributed by atoms with Crippen LogP contribution in [0.2, 0.25) is 0 Å². The second-order valence-corrected chi connectivity index (χ2v) is 5.09. The van der Waals surface area contributed by atoms with Crippen LogP contribution in [-0.2, 0) is 0 Å². The highest BCUT2D eigenvalue weighted by molar-refractivity contribution is 6.08. The van der Waals surface area contributed by atoms with Crippen molar-refractivity contribution in [3.63, 3.8) is 0 Å². The number of benzene rings is 2. The molecule has 1 amide bonds. The first-order valence-electron chi connectivity index (χ1n) is 7.80. The number of carbonyl (C=O) groups excluding carboxylic acids is 1. The Morgan fingerprint density at radius 2 is 1.62 bits per heavy atom. The molecule has 2 rings (SSSR count). The summed E-state index contributed by atoms with van der Waals surface area (Å²) in [6.45, 7) is 4.02. The average molecular weight is 365 g/mol. The molecule has 0 unspecified atom stereocenters. The maximum absolute atomic E-state index is 13.8. The van der Waals surface area contributed by atoms with Gasteiger partial charge in [0.15, 0.2) is 11.5 Å². The molecule has 0 heterocycles. The molecule has 0 spiro atoms. The summed E-state index contributed by atoms with van der Waals surface area (Å²) in [4.78, 5) is 23.8. The van der Waals surface area contributed by atoms with Crippen LogP contribution in [0.3, 0.4) is 0 Å². The van der Waals surface area contributed by atoms with Crippen molar-refractivity contribution in [2.24, 2.45) is 0 Å². The lowest BCUT2D eigenvalue weighted by molar-refractivity contribution is 0.0697. The molecule has 2 aromatic carbocycles. The summed E-state index contributed by atoms with van der Waals surface area (Å²) in [5.41, 5.74) is -0.777. The van der Waals surface area contributed by atoms with Crippen molar-refractivity contribution >= 4 is 17.6 Å². The Hall–Kier alpha value is -3.16. The minimum Gasteiger partial charge on any atom is -0.490 e. The van der Waals surface area contributed by atoms with Crippen LogP contribution in [0.4, 0.5) is 14.5 Å². The van der Waals surface area contributed by atoms with Crippen LogP contribution < -0.4 is 14.8 Å². The lowest BCUT2D eigenvalue weighted by atomic mass is 10.1. The molecule has 26 heavy (non-hydrogen) atoms. The number of carbonyl (C=O) groups is 2. The van der Waals surface area contributed by atoms with E-state index < -0.39 is 29.1 Å². The number of anilines is 1. The van der Waals surface area contributed by atoms with Gasteiger partial charge in [0.2, 0.25) is 0 Å². The van der Waals surface area contributed by atoms with E-state index in [4.69, 9.17) is 9.47 Å². The molecular formula is C18H17F2NO5. The van der Waals surface area contributed by atoms with E-state index >= 15 is 0 Å². The monoisotopic (exact) mass is 365 g/mol. The fraction of sp³-hybridized carbons (Fsp3) is 0.222. The van der Waals surface area contributed by atoms with Gasteiger partial charge in [-0.15, -0.1) is 0 Å². The molecule has 0 saturated carbocycles. The number of nitrogens with one attached hydrogen (secondary N) is 1. The van der Waals surface area contributed by atoms with E-state index in [0.717, 1.165) is 12.1 Å². The number of halogens is 2. The average Bonchev–Trinajstić information content (AvgIpc) is 2.56. The Labute approximate surface area is 148 Å². The summed E-state index contributed by atoms with van der Waals surface area (Å²) in [6, 6.07) is 4.97. The van der Waals surface area contributed by atoms with Gasteiger partial charge in [0.1, 0.15) is 11.6 Å². The molecule has 0 aliphatic rings. The van der Waals surface area contributed by atoms with E-state index in [1.165, 1.54) is 12.1 Å². The van der Waals surface area contributed by atoms with Crippen LogP contribution in [0.5, 0.6) is 11.5 Å². The summed E-state index contributed by atoms with van der Waals surface area (Å²) in [7, 11) is 0. The molecule has 0 aromatic heterocycles. The topological polar surface area (TPSA) is 84.9 Å². The van der Waals surface area contributed by atoms with Gasteiger partial charge >= 0.3 is 5.97 Å². The van der Waals surface area contributed by atoms with Crippen LogP contribution in [0, 0.1) is 11.6 Å². The zero-order valence-corrected chi connectivity index (χ0v) is 14.1. The molecule has 0 aliphatic heterocycles. The molecule has 138 valence electrons. The predicted octanol–water partition coefficient (Wildman–Crippen LogP) is 3.71. The van der Waals surface area contributed by atoms with Crippen molar-refractivity contribution in [2.75, 3.05) is 18.5 Å². The number of rotatable bonds is 7. The van der Waals surface area contributed by atoms with Crippen molar-refractivity contribution in [3.8, 4) is 11.5 Å². The third kappa shape index (κ3) is 4.27. The van der Waals surface area contributed by atoms with Crippen LogP contribution >= 0.6 is 0 Å². The zero-order valence-electron chi connectivity index (χ0n) is 14.1. The Kier molecular flexibility index (Phi) is 6.11. The van der Waals surface area contributed by atoms with Gasteiger partial charge in [-0.25, -0.2) is 13.6 Å². The Bertz CT molecular complexity index is 839. The summed E-state index contributed by atoms with van der Waals surface area (Å²) in [5.74, 6) is -3.69. The van der Waals surface area contributed by atoms with Gasteiger partial charge in [0.25, 0.3) is 5.91 Å². The number of hydrogen-bond donors (Lipinski definition) is 2. The highest BCUT2D eigenvalue weighted by Gasteiger charge is 2.20. The minimum atomic E-state index is -1.32. The van der Waals surface area contributed by atoms with Crippen molar-refractivity contribution in [2.45, 2.75) is 13.8 Å². The third-order valence-corrected chi connectivity index (χ3v) is 3.34. The number of amides is 1. The second kappa shape index (κ2) is 8.28. The molecule has 8 heteroatoms. The van der Waals surface area contributed by atoms with Gasteiger partial charge in [-0.3, -0.25) is 4.79 Å². The van der Waals surface area contributed by atoms with Crippen molar-refractivity contribution < 1.29 is 33.0 Å². The van der Waals surface area contributed by atoms with E-state index in [2.05, 4.69) is 5.32 Å². The molecule has 0 fully saturated rings. The summed E-state index contributed by atoms with van der Waals surface area (Å²) >= 11 is 0. The number of aromatic carboxylic acids is 1. The first kappa shape index (κ1) is 19.2. The fourth-order valence-electron chi connectivity index (χ4n) is 2.24. The van der Waals surface area contributed by atoms with Crippen molar-refractivity contribution in [1.29, 1.82) is 0 Å². The first-order valence-corrected chi connectivity index (χ1v) is 7.80. The summed E-state index contributed by atoms with van der Waals surface area (Å²) in [5, 5.41) is 11.7.